The van der Waals surface area contributed by atoms with Crippen molar-refractivity contribution in [1.82, 2.24) is 4.90 Å². The van der Waals surface area contributed by atoms with Crippen LogP contribution >= 0.6 is 0 Å². The summed E-state index contributed by atoms with van der Waals surface area (Å²) < 4.78 is 40.1. The molecule has 0 saturated carbocycles. The lowest BCUT2D eigenvalue weighted by Gasteiger charge is -2.32. The van der Waals surface area contributed by atoms with Gasteiger partial charge in [-0.15, -0.1) is 8.78 Å². The lowest BCUT2D eigenvalue weighted by atomic mass is 9.96. The highest BCUT2D eigenvalue weighted by molar-refractivity contribution is 5.93. The van der Waals surface area contributed by atoms with Crippen LogP contribution < -0.4 is 14.8 Å². The van der Waals surface area contributed by atoms with Gasteiger partial charge in [-0.25, -0.2) is 4.79 Å². The number of carbonyl (C=O) groups is 2. The number of nitrogens with zero attached hydrogens (tertiary/aromatic N) is 1. The van der Waals surface area contributed by atoms with Crippen LogP contribution in [0.4, 0.5) is 19.3 Å². The number of piperidine rings is 1. The molecule has 1 aromatic rings. The van der Waals surface area contributed by atoms with Gasteiger partial charge in [-0.2, -0.15) is 0 Å². The number of amides is 2. The third-order valence-corrected chi connectivity index (χ3v) is 4.19. The second-order valence-electron chi connectivity index (χ2n) is 7.56. The zero-order chi connectivity index (χ0) is 19.8. The Morgan fingerprint density at radius 2 is 1.81 bits per heavy atom. The van der Waals surface area contributed by atoms with Crippen molar-refractivity contribution in [2.24, 2.45) is 5.92 Å². The summed E-state index contributed by atoms with van der Waals surface area (Å²) in [5, 5.41) is 2.70. The maximum atomic E-state index is 13.1. The predicted molar refractivity (Wildman–Crippen MR) is 91.8 cm³/mol. The summed E-state index contributed by atoms with van der Waals surface area (Å²) in [7, 11) is 0. The number of alkyl halides is 2. The first-order valence-electron chi connectivity index (χ1n) is 8.71. The maximum Gasteiger partial charge on any atom is 0.586 e. The van der Waals surface area contributed by atoms with Crippen LogP contribution in [0.2, 0.25) is 0 Å². The molecule has 2 heterocycles. The summed E-state index contributed by atoms with van der Waals surface area (Å²) in [4.78, 5) is 26.1. The summed E-state index contributed by atoms with van der Waals surface area (Å²) in [6.45, 7) is 6.23. The molecule has 1 fully saturated rings. The van der Waals surface area contributed by atoms with Crippen molar-refractivity contribution in [3.8, 4) is 11.5 Å². The van der Waals surface area contributed by atoms with E-state index in [-0.39, 0.29) is 23.3 Å². The van der Waals surface area contributed by atoms with Gasteiger partial charge in [0.2, 0.25) is 5.91 Å². The van der Waals surface area contributed by atoms with Gasteiger partial charge in [0.25, 0.3) is 0 Å². The van der Waals surface area contributed by atoms with Crippen LogP contribution in [-0.4, -0.2) is 41.9 Å². The standard InChI is InChI=1S/C18H22F2N2O5/c1-17(2,3)27-16(24)22-8-6-11(7-9-22)15(23)21-12-4-5-13-14(10-12)26-18(19,20)25-13/h4-5,10-11H,6-9H2,1-3H3,(H,21,23). The molecule has 0 bridgehead atoms. The van der Waals surface area contributed by atoms with E-state index in [9.17, 15) is 18.4 Å². The molecule has 1 aromatic carbocycles. The Morgan fingerprint density at radius 3 is 2.44 bits per heavy atom. The van der Waals surface area contributed by atoms with Crippen LogP contribution in [0.1, 0.15) is 33.6 Å². The predicted octanol–water partition coefficient (Wildman–Crippen LogP) is 3.59. The summed E-state index contributed by atoms with van der Waals surface area (Å²) in [5.74, 6) is -0.721. The molecule has 0 aromatic heterocycles. The molecule has 1 N–H and O–H groups in total. The summed E-state index contributed by atoms with van der Waals surface area (Å²) in [6.07, 6.45) is -3.10. The number of benzene rings is 1. The number of hydrogen-bond donors (Lipinski definition) is 1. The van der Waals surface area contributed by atoms with E-state index < -0.39 is 18.0 Å². The first-order valence-corrected chi connectivity index (χ1v) is 8.71. The summed E-state index contributed by atoms with van der Waals surface area (Å²) >= 11 is 0. The molecule has 0 spiro atoms. The number of fused-ring (bicyclic) bond motifs is 1. The molecule has 148 valence electrons. The number of anilines is 1. The third kappa shape index (κ3) is 4.78. The second-order valence-corrected chi connectivity index (χ2v) is 7.56. The van der Waals surface area contributed by atoms with Crippen LogP contribution in [0, 0.1) is 5.92 Å². The van der Waals surface area contributed by atoms with E-state index in [4.69, 9.17) is 4.74 Å². The largest absolute Gasteiger partial charge is 0.586 e. The van der Waals surface area contributed by atoms with E-state index in [1.54, 1.807) is 25.7 Å². The first-order chi connectivity index (χ1) is 12.5. The van der Waals surface area contributed by atoms with Crippen molar-refractivity contribution in [2.45, 2.75) is 45.5 Å². The number of hydrogen-bond acceptors (Lipinski definition) is 5. The molecule has 9 heteroatoms. The van der Waals surface area contributed by atoms with Crippen molar-refractivity contribution in [2.75, 3.05) is 18.4 Å². The number of likely N-dealkylation sites (tertiary alicyclic amines) is 1. The van der Waals surface area contributed by atoms with Crippen LogP contribution in [0.15, 0.2) is 18.2 Å². The lowest BCUT2D eigenvalue weighted by Crippen LogP contribution is -2.43. The minimum absolute atomic E-state index is 0.0799. The zero-order valence-electron chi connectivity index (χ0n) is 15.4. The van der Waals surface area contributed by atoms with E-state index in [1.165, 1.54) is 18.2 Å². The Kier molecular flexibility index (Phi) is 4.88. The highest BCUT2D eigenvalue weighted by Gasteiger charge is 2.43. The van der Waals surface area contributed by atoms with E-state index in [2.05, 4.69) is 14.8 Å². The zero-order valence-corrected chi connectivity index (χ0v) is 15.4. The van der Waals surface area contributed by atoms with Crippen LogP contribution in [0.3, 0.4) is 0 Å². The number of halogens is 2. The fraction of sp³-hybridized carbons (Fsp3) is 0.556. The third-order valence-electron chi connectivity index (χ3n) is 4.19. The van der Waals surface area contributed by atoms with Gasteiger partial charge in [0, 0.05) is 30.8 Å². The van der Waals surface area contributed by atoms with Gasteiger partial charge in [-0.05, 0) is 45.7 Å². The van der Waals surface area contributed by atoms with Crippen LogP contribution in [0.5, 0.6) is 11.5 Å². The quantitative estimate of drug-likeness (QED) is 0.843. The van der Waals surface area contributed by atoms with Crippen molar-refractivity contribution in [1.29, 1.82) is 0 Å². The van der Waals surface area contributed by atoms with Crippen LogP contribution in [-0.2, 0) is 9.53 Å². The SMILES string of the molecule is CC(C)(C)OC(=O)N1CCC(C(=O)Nc2ccc3c(c2)OC(F)(F)O3)CC1. The van der Waals surface area contributed by atoms with E-state index >= 15 is 0 Å². The number of nitrogens with one attached hydrogen (secondary N) is 1. The fourth-order valence-electron chi connectivity index (χ4n) is 2.92. The number of ether oxygens (including phenoxy) is 3. The molecule has 3 rings (SSSR count). The van der Waals surface area contributed by atoms with Gasteiger partial charge in [-0.3, -0.25) is 4.79 Å². The van der Waals surface area contributed by atoms with Crippen LogP contribution in [0.25, 0.3) is 0 Å². The molecule has 0 aliphatic carbocycles. The van der Waals surface area contributed by atoms with E-state index in [0.29, 0.717) is 31.6 Å². The summed E-state index contributed by atoms with van der Waals surface area (Å²) in [5.41, 5.74) is -0.226. The Balaban J connectivity index is 1.53. The summed E-state index contributed by atoms with van der Waals surface area (Å²) in [6, 6.07) is 4.08. The molecule has 0 radical (unpaired) electrons. The fourth-order valence-corrected chi connectivity index (χ4v) is 2.92. The van der Waals surface area contributed by atoms with Gasteiger partial charge in [0.1, 0.15) is 5.60 Å². The van der Waals surface area contributed by atoms with Crippen molar-refractivity contribution < 1.29 is 32.6 Å². The highest BCUT2D eigenvalue weighted by atomic mass is 19.3. The van der Waals surface area contributed by atoms with Gasteiger partial charge < -0.3 is 24.4 Å². The molecule has 7 nitrogen and oxygen atoms in total. The monoisotopic (exact) mass is 384 g/mol. The molecule has 0 atom stereocenters. The smallest absolute Gasteiger partial charge is 0.444 e. The minimum Gasteiger partial charge on any atom is -0.444 e. The van der Waals surface area contributed by atoms with Crippen molar-refractivity contribution in [3.05, 3.63) is 18.2 Å². The Hall–Kier alpha value is -2.58. The molecule has 1 saturated heterocycles. The Labute approximate surface area is 155 Å². The lowest BCUT2D eigenvalue weighted by molar-refractivity contribution is -0.286. The van der Waals surface area contributed by atoms with E-state index in [1.807, 2.05) is 0 Å². The van der Waals surface area contributed by atoms with Gasteiger partial charge in [0.05, 0.1) is 0 Å². The Morgan fingerprint density at radius 1 is 1.19 bits per heavy atom. The average molecular weight is 384 g/mol. The van der Waals surface area contributed by atoms with Crippen molar-refractivity contribution in [3.63, 3.8) is 0 Å². The molecule has 0 unspecified atom stereocenters. The molecule has 2 aliphatic heterocycles. The normalized spacial score (nSPS) is 18.9. The molecular weight excluding hydrogens is 362 g/mol. The number of carbonyl (C=O) groups excluding carboxylic acids is 2. The minimum atomic E-state index is -3.69. The molecular formula is C18H22F2N2O5. The topological polar surface area (TPSA) is 77.1 Å². The van der Waals surface area contributed by atoms with Gasteiger partial charge in [0.15, 0.2) is 11.5 Å². The van der Waals surface area contributed by atoms with E-state index in [0.717, 1.165) is 0 Å². The molecule has 2 amide bonds. The van der Waals surface area contributed by atoms with Gasteiger partial charge in [-0.1, -0.05) is 0 Å². The highest BCUT2D eigenvalue weighted by Crippen LogP contribution is 2.42. The number of rotatable bonds is 2. The second kappa shape index (κ2) is 6.86. The molecule has 2 aliphatic rings. The van der Waals surface area contributed by atoms with Gasteiger partial charge >= 0.3 is 12.4 Å². The molecule has 27 heavy (non-hydrogen) atoms. The average Bonchev–Trinajstić information content (AvgIpc) is 2.86. The maximum absolute atomic E-state index is 13.1. The van der Waals surface area contributed by atoms with Crippen molar-refractivity contribution >= 4 is 17.7 Å². The Bertz CT molecular complexity index is 740. The first kappa shape index (κ1) is 19.2.